The van der Waals surface area contributed by atoms with Gasteiger partial charge in [-0.05, 0) is 24.0 Å². The molecule has 1 aromatic rings. The van der Waals surface area contributed by atoms with Crippen LogP contribution in [0.2, 0.25) is 0 Å². The minimum absolute atomic E-state index is 0.0451. The van der Waals surface area contributed by atoms with Crippen molar-refractivity contribution in [3.8, 4) is 0 Å². The summed E-state index contributed by atoms with van der Waals surface area (Å²) in [5.41, 5.74) is 2.45. The van der Waals surface area contributed by atoms with Crippen LogP contribution in [0.5, 0.6) is 0 Å². The number of benzene rings is 1. The summed E-state index contributed by atoms with van der Waals surface area (Å²) in [5, 5.41) is 8.89. The Hall–Kier alpha value is -1.51. The molecule has 0 aliphatic heterocycles. The van der Waals surface area contributed by atoms with E-state index in [9.17, 15) is 4.79 Å². The molecule has 0 fully saturated rings. The fourth-order valence-electron chi connectivity index (χ4n) is 2.07. The molecule has 1 N–H and O–H groups in total. The zero-order valence-corrected chi connectivity index (χ0v) is 8.10. The lowest BCUT2D eigenvalue weighted by molar-refractivity contribution is 0.138. The van der Waals surface area contributed by atoms with Gasteiger partial charge in [0.25, 0.3) is 0 Å². The number of rotatable bonds is 1. The Kier molecular flexibility index (Phi) is 2.15. The molecular formula is C11H13NO2. The number of hydrogen-bond donors (Lipinski definition) is 1. The summed E-state index contributed by atoms with van der Waals surface area (Å²) < 4.78 is 0. The molecule has 74 valence electrons. The summed E-state index contributed by atoms with van der Waals surface area (Å²) in [7, 11) is 1.63. The number of amides is 1. The van der Waals surface area contributed by atoms with Crippen LogP contribution in [0.15, 0.2) is 24.3 Å². The molecule has 3 nitrogen and oxygen atoms in total. The van der Waals surface area contributed by atoms with Gasteiger partial charge in [0, 0.05) is 7.05 Å². The van der Waals surface area contributed by atoms with Gasteiger partial charge in [-0.15, -0.1) is 0 Å². The molecule has 0 unspecified atom stereocenters. The molecule has 0 spiro atoms. The predicted octanol–water partition coefficient (Wildman–Crippen LogP) is 2.28. The fourth-order valence-corrected chi connectivity index (χ4v) is 2.07. The van der Waals surface area contributed by atoms with Crippen molar-refractivity contribution in [3.05, 3.63) is 35.4 Å². The smallest absolute Gasteiger partial charge is 0.407 e. The van der Waals surface area contributed by atoms with Crippen molar-refractivity contribution in [1.82, 2.24) is 4.90 Å². The van der Waals surface area contributed by atoms with Crippen LogP contribution in [0.1, 0.15) is 23.6 Å². The van der Waals surface area contributed by atoms with Crippen LogP contribution in [-0.2, 0) is 6.42 Å². The summed E-state index contributed by atoms with van der Waals surface area (Å²) in [6.45, 7) is 0. The van der Waals surface area contributed by atoms with Gasteiger partial charge in [-0.25, -0.2) is 4.79 Å². The molecule has 0 heterocycles. The molecule has 0 aromatic heterocycles. The molecule has 0 bridgehead atoms. The molecule has 1 aliphatic rings. The second-order valence-corrected chi connectivity index (χ2v) is 3.65. The normalized spacial score (nSPS) is 19.1. The van der Waals surface area contributed by atoms with Crippen LogP contribution >= 0.6 is 0 Å². The standard InChI is InChI=1S/C11H13NO2/c1-12(11(13)14)10-7-6-8-4-2-3-5-9(8)10/h2-5,10H,6-7H2,1H3,(H,13,14)/t10-/m0/s1. The molecule has 0 saturated heterocycles. The van der Waals surface area contributed by atoms with Gasteiger partial charge in [0.2, 0.25) is 0 Å². The molecule has 1 amide bonds. The number of aryl methyl sites for hydroxylation is 1. The molecule has 1 atom stereocenters. The van der Waals surface area contributed by atoms with Gasteiger partial charge in [-0.3, -0.25) is 0 Å². The summed E-state index contributed by atoms with van der Waals surface area (Å²) in [6, 6.07) is 8.11. The molecule has 1 aromatic carbocycles. The quantitative estimate of drug-likeness (QED) is 0.739. The Balaban J connectivity index is 2.30. The third-order valence-electron chi connectivity index (χ3n) is 2.87. The van der Waals surface area contributed by atoms with Crippen molar-refractivity contribution in [2.75, 3.05) is 7.05 Å². The van der Waals surface area contributed by atoms with Crippen molar-refractivity contribution in [1.29, 1.82) is 0 Å². The average molecular weight is 191 g/mol. The van der Waals surface area contributed by atoms with E-state index in [-0.39, 0.29) is 6.04 Å². The van der Waals surface area contributed by atoms with Crippen LogP contribution in [0.3, 0.4) is 0 Å². The maximum absolute atomic E-state index is 10.8. The zero-order chi connectivity index (χ0) is 10.1. The van der Waals surface area contributed by atoms with Crippen LogP contribution in [0.4, 0.5) is 4.79 Å². The zero-order valence-electron chi connectivity index (χ0n) is 8.10. The van der Waals surface area contributed by atoms with E-state index in [0.717, 1.165) is 18.4 Å². The Morgan fingerprint density at radius 3 is 2.93 bits per heavy atom. The topological polar surface area (TPSA) is 40.5 Å². The number of carbonyl (C=O) groups is 1. The molecular weight excluding hydrogens is 178 g/mol. The largest absolute Gasteiger partial charge is 0.465 e. The highest BCUT2D eigenvalue weighted by atomic mass is 16.4. The molecule has 2 rings (SSSR count). The molecule has 1 aliphatic carbocycles. The van der Waals surface area contributed by atoms with Gasteiger partial charge in [-0.1, -0.05) is 24.3 Å². The Morgan fingerprint density at radius 1 is 1.50 bits per heavy atom. The second-order valence-electron chi connectivity index (χ2n) is 3.65. The molecule has 3 heteroatoms. The lowest BCUT2D eigenvalue weighted by atomic mass is 10.1. The summed E-state index contributed by atoms with van der Waals surface area (Å²) in [6.07, 6.45) is 1.03. The number of hydrogen-bond acceptors (Lipinski definition) is 1. The fraction of sp³-hybridized carbons (Fsp3) is 0.364. The first-order chi connectivity index (χ1) is 6.70. The van der Waals surface area contributed by atoms with Crippen LogP contribution in [0, 0.1) is 0 Å². The highest BCUT2D eigenvalue weighted by Gasteiger charge is 2.27. The first-order valence-electron chi connectivity index (χ1n) is 4.73. The summed E-state index contributed by atoms with van der Waals surface area (Å²) in [5.74, 6) is 0. The van der Waals surface area contributed by atoms with E-state index in [0.29, 0.717) is 0 Å². The molecule has 0 saturated carbocycles. The average Bonchev–Trinajstić information content (AvgIpc) is 2.60. The van der Waals surface area contributed by atoms with E-state index in [2.05, 4.69) is 6.07 Å². The van der Waals surface area contributed by atoms with Gasteiger partial charge in [0.15, 0.2) is 0 Å². The Labute approximate surface area is 83.0 Å². The molecule has 0 radical (unpaired) electrons. The maximum atomic E-state index is 10.8. The summed E-state index contributed by atoms with van der Waals surface area (Å²) >= 11 is 0. The van der Waals surface area contributed by atoms with E-state index in [4.69, 9.17) is 5.11 Å². The SMILES string of the molecule is CN(C(=O)O)[C@H]1CCc2ccccc21. The predicted molar refractivity (Wildman–Crippen MR) is 53.3 cm³/mol. The molecule has 14 heavy (non-hydrogen) atoms. The minimum Gasteiger partial charge on any atom is -0.465 e. The van der Waals surface area contributed by atoms with Gasteiger partial charge < -0.3 is 10.0 Å². The minimum atomic E-state index is -0.855. The van der Waals surface area contributed by atoms with Gasteiger partial charge in [0.1, 0.15) is 0 Å². The third kappa shape index (κ3) is 1.35. The highest BCUT2D eigenvalue weighted by molar-refractivity contribution is 5.65. The van der Waals surface area contributed by atoms with Crippen LogP contribution < -0.4 is 0 Å². The summed E-state index contributed by atoms with van der Waals surface area (Å²) in [4.78, 5) is 12.2. The van der Waals surface area contributed by atoms with Crippen molar-refractivity contribution < 1.29 is 9.90 Å². The number of fused-ring (bicyclic) bond motifs is 1. The van der Waals surface area contributed by atoms with Crippen molar-refractivity contribution in [2.24, 2.45) is 0 Å². The first-order valence-corrected chi connectivity index (χ1v) is 4.73. The first kappa shape index (κ1) is 9.06. The monoisotopic (exact) mass is 191 g/mol. The third-order valence-corrected chi connectivity index (χ3v) is 2.87. The van der Waals surface area contributed by atoms with Gasteiger partial charge in [-0.2, -0.15) is 0 Å². The lowest BCUT2D eigenvalue weighted by Crippen LogP contribution is -2.28. The van der Waals surface area contributed by atoms with Crippen molar-refractivity contribution >= 4 is 6.09 Å². The van der Waals surface area contributed by atoms with E-state index in [1.807, 2.05) is 18.2 Å². The number of nitrogens with zero attached hydrogens (tertiary/aromatic N) is 1. The highest BCUT2D eigenvalue weighted by Crippen LogP contribution is 2.34. The second kappa shape index (κ2) is 3.33. The van der Waals surface area contributed by atoms with E-state index in [1.165, 1.54) is 10.5 Å². The Morgan fingerprint density at radius 2 is 2.21 bits per heavy atom. The maximum Gasteiger partial charge on any atom is 0.407 e. The lowest BCUT2D eigenvalue weighted by Gasteiger charge is -2.21. The van der Waals surface area contributed by atoms with Crippen molar-refractivity contribution in [3.63, 3.8) is 0 Å². The number of carboxylic acid groups (broad SMARTS) is 1. The van der Waals surface area contributed by atoms with E-state index >= 15 is 0 Å². The van der Waals surface area contributed by atoms with Crippen LogP contribution in [0.25, 0.3) is 0 Å². The van der Waals surface area contributed by atoms with Gasteiger partial charge in [0.05, 0.1) is 6.04 Å². The Bertz CT molecular complexity index is 362. The van der Waals surface area contributed by atoms with Crippen molar-refractivity contribution in [2.45, 2.75) is 18.9 Å². The van der Waals surface area contributed by atoms with Crippen LogP contribution in [-0.4, -0.2) is 23.1 Å². The van der Waals surface area contributed by atoms with E-state index < -0.39 is 6.09 Å². The van der Waals surface area contributed by atoms with E-state index in [1.54, 1.807) is 7.05 Å². The van der Waals surface area contributed by atoms with Gasteiger partial charge >= 0.3 is 6.09 Å².